The Kier molecular flexibility index (Phi) is 1.84. The van der Waals surface area contributed by atoms with Crippen molar-refractivity contribution in [1.82, 2.24) is 9.97 Å². The highest BCUT2D eigenvalue weighted by Gasteiger charge is 2.02. The summed E-state index contributed by atoms with van der Waals surface area (Å²) in [5.74, 6) is 0. The third-order valence-corrected chi connectivity index (χ3v) is 1.93. The van der Waals surface area contributed by atoms with E-state index >= 15 is 0 Å². The second-order valence-electron chi connectivity index (χ2n) is 2.43. The molecule has 0 spiro atoms. The monoisotopic (exact) mass is 178 g/mol. The second-order valence-corrected chi connectivity index (χ2v) is 2.84. The second kappa shape index (κ2) is 2.99. The number of hydrogen-bond acceptors (Lipinski definition) is 1. The molecular formula is C9H7ClN2. The maximum atomic E-state index is 5.94. The Labute approximate surface area is 75.2 Å². The molecule has 0 saturated carbocycles. The molecule has 1 N–H and O–H groups in total. The third-order valence-electron chi connectivity index (χ3n) is 1.63. The lowest BCUT2D eigenvalue weighted by atomic mass is 10.2. The van der Waals surface area contributed by atoms with Gasteiger partial charge in [-0.2, -0.15) is 0 Å². The van der Waals surface area contributed by atoms with Gasteiger partial charge in [-0.05, 0) is 18.2 Å². The quantitative estimate of drug-likeness (QED) is 0.715. The number of pyridine rings is 1. The van der Waals surface area contributed by atoms with Crippen molar-refractivity contribution in [2.45, 2.75) is 0 Å². The molecule has 0 saturated heterocycles. The van der Waals surface area contributed by atoms with Gasteiger partial charge in [-0.3, -0.25) is 4.98 Å². The topological polar surface area (TPSA) is 28.7 Å². The van der Waals surface area contributed by atoms with Gasteiger partial charge >= 0.3 is 0 Å². The minimum Gasteiger partial charge on any atom is -0.367 e. The van der Waals surface area contributed by atoms with Gasteiger partial charge in [-0.1, -0.05) is 11.6 Å². The molecule has 3 heteroatoms. The van der Waals surface area contributed by atoms with Crippen LogP contribution >= 0.6 is 11.6 Å². The molecule has 0 fully saturated rings. The van der Waals surface area contributed by atoms with Crippen molar-refractivity contribution >= 4 is 11.6 Å². The first kappa shape index (κ1) is 7.37. The summed E-state index contributed by atoms with van der Waals surface area (Å²) < 4.78 is 0. The maximum absolute atomic E-state index is 5.94. The summed E-state index contributed by atoms with van der Waals surface area (Å²) in [6, 6.07) is 5.59. The molecule has 2 heterocycles. The minimum absolute atomic E-state index is 0.678. The third kappa shape index (κ3) is 1.21. The summed E-state index contributed by atoms with van der Waals surface area (Å²) in [5.41, 5.74) is 1.83. The lowest BCUT2D eigenvalue weighted by Gasteiger charge is -1.97. The van der Waals surface area contributed by atoms with Crippen LogP contribution in [-0.2, 0) is 0 Å². The lowest BCUT2D eigenvalue weighted by molar-refractivity contribution is 1.32. The van der Waals surface area contributed by atoms with Crippen LogP contribution in [0, 0.1) is 0 Å². The number of nitrogens with zero attached hydrogens (tertiary/aromatic N) is 1. The molecule has 0 radical (unpaired) electrons. The first-order chi connectivity index (χ1) is 5.88. The highest BCUT2D eigenvalue weighted by molar-refractivity contribution is 6.32. The molecule has 2 nitrogen and oxygen atoms in total. The average molecular weight is 179 g/mol. The summed E-state index contributed by atoms with van der Waals surface area (Å²) in [6.45, 7) is 0. The van der Waals surface area contributed by atoms with Gasteiger partial charge < -0.3 is 4.98 Å². The van der Waals surface area contributed by atoms with E-state index in [0.717, 1.165) is 11.3 Å². The summed E-state index contributed by atoms with van der Waals surface area (Å²) in [6.07, 6.45) is 5.45. The number of aromatic nitrogens is 2. The molecule has 0 amide bonds. The van der Waals surface area contributed by atoms with Crippen molar-refractivity contribution in [2.24, 2.45) is 0 Å². The molecule has 0 bridgehead atoms. The fourth-order valence-electron chi connectivity index (χ4n) is 1.07. The molecule has 0 aliphatic heterocycles. The summed E-state index contributed by atoms with van der Waals surface area (Å²) >= 11 is 5.94. The van der Waals surface area contributed by atoms with Gasteiger partial charge in [0.05, 0.1) is 10.7 Å². The van der Waals surface area contributed by atoms with Gasteiger partial charge in [0.2, 0.25) is 0 Å². The Morgan fingerprint density at radius 1 is 1.33 bits per heavy atom. The molecule has 0 aromatic carbocycles. The number of rotatable bonds is 1. The molecule has 0 unspecified atom stereocenters. The number of halogens is 1. The SMILES string of the molecule is Clc1cccnc1-c1cc[nH]c1. The van der Waals surface area contributed by atoms with Gasteiger partial charge in [0, 0.05) is 24.2 Å². The van der Waals surface area contributed by atoms with Crippen molar-refractivity contribution in [3.05, 3.63) is 41.8 Å². The molecule has 0 atom stereocenters. The number of hydrogen-bond donors (Lipinski definition) is 1. The van der Waals surface area contributed by atoms with Gasteiger partial charge in [0.1, 0.15) is 0 Å². The number of aromatic amines is 1. The first-order valence-electron chi connectivity index (χ1n) is 3.61. The minimum atomic E-state index is 0.678. The zero-order valence-corrected chi connectivity index (χ0v) is 7.05. The normalized spacial score (nSPS) is 10.1. The Morgan fingerprint density at radius 3 is 2.92 bits per heavy atom. The van der Waals surface area contributed by atoms with Gasteiger partial charge in [-0.15, -0.1) is 0 Å². The molecular weight excluding hydrogens is 172 g/mol. The molecule has 60 valence electrons. The predicted molar refractivity (Wildman–Crippen MR) is 49.0 cm³/mol. The van der Waals surface area contributed by atoms with Crippen molar-refractivity contribution in [2.75, 3.05) is 0 Å². The number of nitrogens with one attached hydrogen (secondary N) is 1. The average Bonchev–Trinajstić information content (AvgIpc) is 2.57. The molecule has 12 heavy (non-hydrogen) atoms. The molecule has 2 rings (SSSR count). The van der Waals surface area contributed by atoms with Crippen molar-refractivity contribution in [3.8, 4) is 11.3 Å². The van der Waals surface area contributed by atoms with Crippen LogP contribution in [0.1, 0.15) is 0 Å². The largest absolute Gasteiger partial charge is 0.367 e. The Morgan fingerprint density at radius 2 is 2.25 bits per heavy atom. The zero-order valence-electron chi connectivity index (χ0n) is 6.29. The van der Waals surface area contributed by atoms with Crippen molar-refractivity contribution in [1.29, 1.82) is 0 Å². The van der Waals surface area contributed by atoms with Crippen LogP contribution < -0.4 is 0 Å². The van der Waals surface area contributed by atoms with E-state index in [9.17, 15) is 0 Å². The van der Waals surface area contributed by atoms with Crippen molar-refractivity contribution < 1.29 is 0 Å². The summed E-state index contributed by atoms with van der Waals surface area (Å²) in [7, 11) is 0. The number of H-pyrrole nitrogens is 1. The highest BCUT2D eigenvalue weighted by atomic mass is 35.5. The van der Waals surface area contributed by atoms with E-state index in [1.807, 2.05) is 30.6 Å². The lowest BCUT2D eigenvalue weighted by Crippen LogP contribution is -1.80. The zero-order chi connectivity index (χ0) is 8.39. The predicted octanol–water partition coefficient (Wildman–Crippen LogP) is 2.73. The van der Waals surface area contributed by atoms with Crippen molar-refractivity contribution in [3.63, 3.8) is 0 Å². The fraction of sp³-hybridized carbons (Fsp3) is 0. The standard InChI is InChI=1S/C9H7ClN2/c10-8-2-1-4-12-9(8)7-3-5-11-6-7/h1-6,11H. The van der Waals surface area contributed by atoms with Crippen LogP contribution in [0.25, 0.3) is 11.3 Å². The van der Waals surface area contributed by atoms with Gasteiger partial charge in [0.25, 0.3) is 0 Å². The molecule has 0 aliphatic rings. The van der Waals surface area contributed by atoms with Crippen LogP contribution in [0.4, 0.5) is 0 Å². The smallest absolute Gasteiger partial charge is 0.0903 e. The van der Waals surface area contributed by atoms with E-state index in [2.05, 4.69) is 9.97 Å². The van der Waals surface area contributed by atoms with E-state index in [0.29, 0.717) is 5.02 Å². The van der Waals surface area contributed by atoms with E-state index in [1.54, 1.807) is 6.20 Å². The van der Waals surface area contributed by atoms with Crippen LogP contribution in [0.5, 0.6) is 0 Å². The van der Waals surface area contributed by atoms with Crippen LogP contribution in [0.2, 0.25) is 5.02 Å². The summed E-state index contributed by atoms with van der Waals surface area (Å²) in [4.78, 5) is 7.13. The fourth-order valence-corrected chi connectivity index (χ4v) is 1.30. The van der Waals surface area contributed by atoms with Gasteiger partial charge in [-0.25, -0.2) is 0 Å². The molecule has 0 aliphatic carbocycles. The van der Waals surface area contributed by atoms with E-state index < -0.39 is 0 Å². The van der Waals surface area contributed by atoms with Gasteiger partial charge in [0.15, 0.2) is 0 Å². The Bertz CT molecular complexity index is 368. The Balaban J connectivity index is 2.55. The maximum Gasteiger partial charge on any atom is 0.0903 e. The van der Waals surface area contributed by atoms with Crippen LogP contribution in [-0.4, -0.2) is 9.97 Å². The highest BCUT2D eigenvalue weighted by Crippen LogP contribution is 2.23. The molecule has 2 aromatic heterocycles. The Hall–Kier alpha value is -1.28. The van der Waals surface area contributed by atoms with Crippen LogP contribution in [0.15, 0.2) is 36.8 Å². The summed E-state index contributed by atoms with van der Waals surface area (Å²) in [5, 5.41) is 0.678. The van der Waals surface area contributed by atoms with Crippen LogP contribution in [0.3, 0.4) is 0 Å². The van der Waals surface area contributed by atoms with E-state index in [1.165, 1.54) is 0 Å². The van der Waals surface area contributed by atoms with E-state index in [-0.39, 0.29) is 0 Å². The van der Waals surface area contributed by atoms with E-state index in [4.69, 9.17) is 11.6 Å². The molecule has 2 aromatic rings. The first-order valence-corrected chi connectivity index (χ1v) is 3.99.